The summed E-state index contributed by atoms with van der Waals surface area (Å²) in [5.74, 6) is -1.25. The number of amides is 2. The minimum Gasteiger partial charge on any atom is -0.325 e. The topological polar surface area (TPSA) is 75.2 Å². The summed E-state index contributed by atoms with van der Waals surface area (Å²) in [4.78, 5) is 36.2. The van der Waals surface area contributed by atoms with Crippen molar-refractivity contribution in [3.05, 3.63) is 71.8 Å². The highest BCUT2D eigenvalue weighted by Crippen LogP contribution is 2.39. The normalized spacial score (nSPS) is 15.3. The van der Waals surface area contributed by atoms with Crippen molar-refractivity contribution >= 4 is 23.2 Å². The number of aromatic nitrogens is 2. The van der Waals surface area contributed by atoms with E-state index in [4.69, 9.17) is 0 Å². The number of nitrogens with zero attached hydrogens (tertiary/aromatic N) is 3. The number of nitrogens with one attached hydrogen (secondary N) is 1. The lowest BCUT2D eigenvalue weighted by atomic mass is 9.98. The third kappa shape index (κ3) is 4.01. The molecule has 0 bridgehead atoms. The molecule has 3 aromatic rings. The van der Waals surface area contributed by atoms with Crippen LogP contribution in [0.2, 0.25) is 0 Å². The van der Waals surface area contributed by atoms with Crippen LogP contribution in [0.4, 0.5) is 20.2 Å². The molecule has 3 heterocycles. The maximum absolute atomic E-state index is 13.3. The van der Waals surface area contributed by atoms with E-state index >= 15 is 0 Å². The number of rotatable bonds is 4. The molecule has 0 saturated carbocycles. The zero-order chi connectivity index (χ0) is 22.1. The third-order valence-electron chi connectivity index (χ3n) is 5.23. The zero-order valence-corrected chi connectivity index (χ0v) is 17.0. The molecule has 1 N–H and O–H groups in total. The van der Waals surface area contributed by atoms with Gasteiger partial charge in [0.2, 0.25) is 11.8 Å². The second-order valence-electron chi connectivity index (χ2n) is 7.40. The van der Waals surface area contributed by atoms with Crippen molar-refractivity contribution in [1.29, 1.82) is 0 Å². The Hall–Kier alpha value is -3.68. The van der Waals surface area contributed by atoms with Gasteiger partial charge in [0.25, 0.3) is 6.43 Å². The van der Waals surface area contributed by atoms with Crippen molar-refractivity contribution in [2.45, 2.75) is 26.2 Å². The van der Waals surface area contributed by atoms with Gasteiger partial charge in [-0.05, 0) is 38.1 Å². The van der Waals surface area contributed by atoms with Gasteiger partial charge < -0.3 is 10.2 Å². The highest BCUT2D eigenvalue weighted by atomic mass is 19.3. The number of hydrogen-bond acceptors (Lipinski definition) is 4. The highest BCUT2D eigenvalue weighted by Gasteiger charge is 2.33. The van der Waals surface area contributed by atoms with E-state index in [0.717, 1.165) is 11.1 Å². The molecule has 158 valence electrons. The van der Waals surface area contributed by atoms with Gasteiger partial charge in [-0.3, -0.25) is 19.6 Å². The lowest BCUT2D eigenvalue weighted by Crippen LogP contribution is -2.40. The first-order chi connectivity index (χ1) is 14.8. The molecule has 0 unspecified atom stereocenters. The van der Waals surface area contributed by atoms with Gasteiger partial charge in [-0.1, -0.05) is 18.2 Å². The van der Waals surface area contributed by atoms with Crippen LogP contribution < -0.4 is 10.2 Å². The molecule has 2 aromatic heterocycles. The molecule has 31 heavy (non-hydrogen) atoms. The first-order valence-electron chi connectivity index (χ1n) is 9.76. The fourth-order valence-electron chi connectivity index (χ4n) is 3.66. The molecule has 8 heteroatoms. The van der Waals surface area contributed by atoms with Crippen LogP contribution in [0.1, 0.15) is 36.2 Å². The van der Waals surface area contributed by atoms with Crippen molar-refractivity contribution in [2.24, 2.45) is 0 Å². The maximum atomic E-state index is 13.3. The minimum atomic E-state index is -2.58. The molecule has 2 amide bonds. The van der Waals surface area contributed by atoms with E-state index in [1.807, 2.05) is 13.0 Å². The molecule has 1 aliphatic heterocycles. The van der Waals surface area contributed by atoms with E-state index in [2.05, 4.69) is 15.3 Å². The smallest absolute Gasteiger partial charge is 0.263 e. The summed E-state index contributed by atoms with van der Waals surface area (Å²) in [6.45, 7) is 3.34. The Kier molecular flexibility index (Phi) is 5.46. The number of pyridine rings is 2. The first-order valence-corrected chi connectivity index (χ1v) is 9.76. The summed E-state index contributed by atoms with van der Waals surface area (Å²) in [5.41, 5.74) is 3.69. The monoisotopic (exact) mass is 422 g/mol. The predicted octanol–water partition coefficient (Wildman–Crippen LogP) is 4.48. The van der Waals surface area contributed by atoms with Crippen LogP contribution in [0, 0.1) is 6.92 Å². The van der Waals surface area contributed by atoms with Gasteiger partial charge in [0.05, 0.1) is 17.3 Å². The number of carbonyl (C=O) groups excluding carboxylic acids is 2. The van der Waals surface area contributed by atoms with E-state index in [1.165, 1.54) is 29.2 Å². The van der Waals surface area contributed by atoms with E-state index in [-0.39, 0.29) is 18.0 Å². The number of carbonyl (C=O) groups is 2. The van der Waals surface area contributed by atoms with E-state index < -0.39 is 18.3 Å². The molecule has 6 nitrogen and oxygen atoms in total. The molecule has 0 radical (unpaired) electrons. The summed E-state index contributed by atoms with van der Waals surface area (Å²) in [6.07, 6.45) is 0.740. The molecular formula is C23H20F2N4O2. The Bertz CT molecular complexity index is 1150. The van der Waals surface area contributed by atoms with Crippen LogP contribution in [-0.4, -0.2) is 28.3 Å². The molecular weight excluding hydrogens is 402 g/mol. The number of alkyl halides is 2. The standard InChI is InChI=1S/C23H20F2N4O2/c1-13-10-19-18(11-27-13)17-4-3-9-26-21(17)14(2)23(31)29(19)12-20(30)28-16-7-5-15(6-8-16)22(24)25/h3-11,14,22H,12H2,1-2H3,(H,28,30)/t14-/m0/s1. The maximum Gasteiger partial charge on any atom is 0.263 e. The largest absolute Gasteiger partial charge is 0.325 e. The van der Waals surface area contributed by atoms with E-state index in [0.29, 0.717) is 22.8 Å². The number of halogens is 2. The van der Waals surface area contributed by atoms with Crippen molar-refractivity contribution in [3.63, 3.8) is 0 Å². The quantitative estimate of drug-likeness (QED) is 0.673. The van der Waals surface area contributed by atoms with E-state index in [9.17, 15) is 18.4 Å². The number of anilines is 2. The SMILES string of the molecule is Cc1cc2c(cn1)-c1cccnc1[C@H](C)C(=O)N2CC(=O)Nc1ccc(C(F)F)cc1. The zero-order valence-electron chi connectivity index (χ0n) is 17.0. The van der Waals surface area contributed by atoms with Crippen LogP contribution in [-0.2, 0) is 9.59 Å². The van der Waals surface area contributed by atoms with Gasteiger partial charge >= 0.3 is 0 Å². The van der Waals surface area contributed by atoms with Crippen LogP contribution in [0.15, 0.2) is 54.9 Å². The Morgan fingerprint density at radius 3 is 2.61 bits per heavy atom. The highest BCUT2D eigenvalue weighted by molar-refractivity contribution is 6.09. The Labute approximate surface area is 177 Å². The van der Waals surface area contributed by atoms with E-state index in [1.54, 1.807) is 31.5 Å². The molecule has 1 aliphatic rings. The summed E-state index contributed by atoms with van der Waals surface area (Å²) in [5, 5.41) is 2.67. The van der Waals surface area contributed by atoms with Gasteiger partial charge in [0.1, 0.15) is 6.54 Å². The van der Waals surface area contributed by atoms with Crippen molar-refractivity contribution in [1.82, 2.24) is 9.97 Å². The van der Waals surface area contributed by atoms with Gasteiger partial charge in [-0.2, -0.15) is 0 Å². The number of hydrogen-bond donors (Lipinski definition) is 1. The lowest BCUT2D eigenvalue weighted by Gasteiger charge is -2.24. The summed E-state index contributed by atoms with van der Waals surface area (Å²) in [6, 6.07) is 10.8. The average molecular weight is 422 g/mol. The lowest BCUT2D eigenvalue weighted by molar-refractivity contribution is -0.122. The van der Waals surface area contributed by atoms with Crippen LogP contribution >= 0.6 is 0 Å². The third-order valence-corrected chi connectivity index (χ3v) is 5.23. The second kappa shape index (κ2) is 8.22. The second-order valence-corrected chi connectivity index (χ2v) is 7.40. The van der Waals surface area contributed by atoms with Crippen molar-refractivity contribution in [2.75, 3.05) is 16.8 Å². The Morgan fingerprint density at radius 2 is 1.90 bits per heavy atom. The minimum absolute atomic E-state index is 0.128. The van der Waals surface area contributed by atoms with Gasteiger partial charge in [0.15, 0.2) is 0 Å². The molecule has 4 rings (SSSR count). The summed E-state index contributed by atoms with van der Waals surface area (Å²) >= 11 is 0. The van der Waals surface area contributed by atoms with Crippen molar-refractivity contribution in [3.8, 4) is 11.1 Å². The molecule has 0 aliphatic carbocycles. The van der Waals surface area contributed by atoms with Crippen LogP contribution in [0.5, 0.6) is 0 Å². The fourth-order valence-corrected chi connectivity index (χ4v) is 3.66. The fraction of sp³-hybridized carbons (Fsp3) is 0.217. The van der Waals surface area contributed by atoms with Crippen LogP contribution in [0.25, 0.3) is 11.1 Å². The molecule has 1 aromatic carbocycles. The predicted molar refractivity (Wildman–Crippen MR) is 113 cm³/mol. The van der Waals surface area contributed by atoms with Gasteiger partial charge in [0, 0.05) is 40.5 Å². The Balaban J connectivity index is 1.65. The summed E-state index contributed by atoms with van der Waals surface area (Å²) in [7, 11) is 0. The summed E-state index contributed by atoms with van der Waals surface area (Å²) < 4.78 is 25.5. The first kappa shape index (κ1) is 20.6. The number of fused-ring (bicyclic) bond motifs is 3. The van der Waals surface area contributed by atoms with Gasteiger partial charge in [-0.25, -0.2) is 8.78 Å². The van der Waals surface area contributed by atoms with Gasteiger partial charge in [-0.15, -0.1) is 0 Å². The Morgan fingerprint density at radius 1 is 1.16 bits per heavy atom. The van der Waals surface area contributed by atoms with Crippen LogP contribution in [0.3, 0.4) is 0 Å². The van der Waals surface area contributed by atoms with Crippen molar-refractivity contribution < 1.29 is 18.4 Å². The molecule has 0 spiro atoms. The number of aryl methyl sites for hydroxylation is 1. The molecule has 0 fully saturated rings. The molecule has 1 atom stereocenters. The molecule has 0 saturated heterocycles. The number of benzene rings is 1. The average Bonchev–Trinajstić information content (AvgIpc) is 2.84.